The zero-order chi connectivity index (χ0) is 24.0. The van der Waals surface area contributed by atoms with Crippen LogP contribution in [0.4, 0.5) is 30.2 Å². The summed E-state index contributed by atoms with van der Waals surface area (Å²) in [7, 11) is 0. The van der Waals surface area contributed by atoms with Crippen LogP contribution in [0.5, 0.6) is 0 Å². The highest BCUT2D eigenvalue weighted by atomic mass is 19.4. The lowest BCUT2D eigenvalue weighted by Gasteiger charge is -2.12. The molecule has 2 heterocycles. The number of aromatic nitrogens is 2. The van der Waals surface area contributed by atoms with E-state index in [0.29, 0.717) is 18.5 Å². The first-order valence-electron chi connectivity index (χ1n) is 10.1. The van der Waals surface area contributed by atoms with Crippen molar-refractivity contribution in [2.75, 3.05) is 16.4 Å². The minimum Gasteiger partial charge on any atom is -0.397 e. The van der Waals surface area contributed by atoms with Gasteiger partial charge in [-0.05, 0) is 61.7 Å². The number of pyridine rings is 2. The summed E-state index contributed by atoms with van der Waals surface area (Å²) >= 11 is 0. The number of aryl methyl sites for hydroxylation is 2. The Morgan fingerprint density at radius 1 is 1.00 bits per heavy atom. The summed E-state index contributed by atoms with van der Waals surface area (Å²) in [4.78, 5) is 32.7. The van der Waals surface area contributed by atoms with Crippen LogP contribution in [0, 0.1) is 6.92 Å². The molecule has 0 spiro atoms. The summed E-state index contributed by atoms with van der Waals surface area (Å²) in [5, 5.41) is 5.13. The number of nitrogens with two attached hydrogens (primary N) is 1. The molecule has 172 valence electrons. The minimum absolute atomic E-state index is 0.0131. The summed E-state index contributed by atoms with van der Waals surface area (Å²) in [6.45, 7) is 1.91. The van der Waals surface area contributed by atoms with Gasteiger partial charge in [0.05, 0.1) is 28.8 Å². The van der Waals surface area contributed by atoms with Gasteiger partial charge in [-0.15, -0.1) is 0 Å². The van der Waals surface area contributed by atoms with Gasteiger partial charge in [0.1, 0.15) is 5.69 Å². The number of benzene rings is 1. The van der Waals surface area contributed by atoms with Crippen LogP contribution in [0.2, 0.25) is 0 Å². The maximum Gasteiger partial charge on any atom is 0.416 e. The predicted molar refractivity (Wildman–Crippen MR) is 119 cm³/mol. The van der Waals surface area contributed by atoms with Crippen LogP contribution >= 0.6 is 0 Å². The highest BCUT2D eigenvalue weighted by Gasteiger charge is 2.30. The molecule has 2 aromatic heterocycles. The molecule has 1 aromatic carbocycles. The van der Waals surface area contributed by atoms with E-state index in [9.17, 15) is 22.8 Å². The number of amides is 2. The third kappa shape index (κ3) is 6.76. The van der Waals surface area contributed by atoms with Gasteiger partial charge in [-0.1, -0.05) is 6.07 Å². The van der Waals surface area contributed by atoms with E-state index in [-0.39, 0.29) is 23.0 Å². The van der Waals surface area contributed by atoms with E-state index in [1.807, 2.05) is 19.1 Å². The molecule has 0 saturated heterocycles. The van der Waals surface area contributed by atoms with Crippen molar-refractivity contribution in [1.29, 1.82) is 0 Å². The van der Waals surface area contributed by atoms with Gasteiger partial charge in [0.15, 0.2) is 0 Å². The van der Waals surface area contributed by atoms with E-state index in [1.165, 1.54) is 18.3 Å². The van der Waals surface area contributed by atoms with Crippen molar-refractivity contribution in [3.8, 4) is 0 Å². The van der Waals surface area contributed by atoms with Gasteiger partial charge in [-0.3, -0.25) is 14.6 Å². The van der Waals surface area contributed by atoms with Gasteiger partial charge >= 0.3 is 6.18 Å². The van der Waals surface area contributed by atoms with Gasteiger partial charge in [-0.25, -0.2) is 4.98 Å². The summed E-state index contributed by atoms with van der Waals surface area (Å²) in [5.41, 5.74) is 6.95. The molecular weight excluding hydrogens is 435 g/mol. The summed E-state index contributed by atoms with van der Waals surface area (Å²) < 4.78 is 38.2. The molecule has 7 nitrogen and oxygen atoms in total. The van der Waals surface area contributed by atoms with Crippen LogP contribution in [-0.2, 0) is 17.4 Å². The molecule has 33 heavy (non-hydrogen) atoms. The molecule has 3 rings (SSSR count). The summed E-state index contributed by atoms with van der Waals surface area (Å²) in [6, 6.07) is 9.46. The number of carbonyl (C=O) groups excluding carboxylic acids is 2. The van der Waals surface area contributed by atoms with Crippen molar-refractivity contribution >= 4 is 28.9 Å². The van der Waals surface area contributed by atoms with E-state index in [2.05, 4.69) is 20.6 Å². The van der Waals surface area contributed by atoms with Crippen LogP contribution in [-0.4, -0.2) is 21.8 Å². The topological polar surface area (TPSA) is 110 Å². The molecule has 0 fully saturated rings. The fourth-order valence-electron chi connectivity index (χ4n) is 2.96. The lowest BCUT2D eigenvalue weighted by Crippen LogP contribution is -2.16. The smallest absolute Gasteiger partial charge is 0.397 e. The Morgan fingerprint density at radius 2 is 1.79 bits per heavy atom. The third-order valence-corrected chi connectivity index (χ3v) is 4.75. The average molecular weight is 457 g/mol. The molecule has 2 amide bonds. The standard InChI is InChI=1S/C23H22F3N5O2/c1-14-5-6-15(12-28-14)3-2-4-21(32)30-17-8-10-20(29-13-17)22(33)31-19-9-7-16(11-18(19)27)23(24,25)26/h5-13H,2-4,27H2,1H3,(H,30,32)(H,31,33). The first kappa shape index (κ1) is 23.7. The van der Waals surface area contributed by atoms with E-state index < -0.39 is 17.6 Å². The van der Waals surface area contributed by atoms with E-state index in [1.54, 1.807) is 6.20 Å². The van der Waals surface area contributed by atoms with Crippen molar-refractivity contribution in [1.82, 2.24) is 9.97 Å². The number of anilines is 3. The van der Waals surface area contributed by atoms with E-state index >= 15 is 0 Å². The van der Waals surface area contributed by atoms with Gasteiger partial charge in [0.25, 0.3) is 5.91 Å². The predicted octanol–water partition coefficient (Wildman–Crippen LogP) is 4.60. The fourth-order valence-corrected chi connectivity index (χ4v) is 2.96. The second-order valence-electron chi connectivity index (χ2n) is 7.40. The third-order valence-electron chi connectivity index (χ3n) is 4.75. The first-order valence-corrected chi connectivity index (χ1v) is 10.1. The summed E-state index contributed by atoms with van der Waals surface area (Å²) in [6.07, 6.45) is 0.274. The van der Waals surface area contributed by atoms with E-state index in [4.69, 9.17) is 5.73 Å². The first-order chi connectivity index (χ1) is 15.6. The number of hydrogen-bond acceptors (Lipinski definition) is 5. The number of nitrogens with one attached hydrogen (secondary N) is 2. The van der Waals surface area contributed by atoms with Crippen molar-refractivity contribution in [2.24, 2.45) is 0 Å². The Balaban J connectivity index is 1.51. The molecule has 0 atom stereocenters. The average Bonchev–Trinajstić information content (AvgIpc) is 2.76. The number of carbonyl (C=O) groups is 2. The van der Waals surface area contributed by atoms with Gasteiger partial charge in [0, 0.05) is 18.3 Å². The molecule has 4 N–H and O–H groups in total. The van der Waals surface area contributed by atoms with Crippen LogP contribution in [0.25, 0.3) is 0 Å². The zero-order valence-electron chi connectivity index (χ0n) is 17.7. The molecule has 0 saturated carbocycles. The second kappa shape index (κ2) is 10.1. The number of rotatable bonds is 7. The Morgan fingerprint density at radius 3 is 2.39 bits per heavy atom. The lowest BCUT2D eigenvalue weighted by molar-refractivity contribution is -0.137. The maximum absolute atomic E-state index is 12.7. The minimum atomic E-state index is -4.53. The Bertz CT molecular complexity index is 1130. The van der Waals surface area contributed by atoms with Gasteiger partial charge in [0.2, 0.25) is 5.91 Å². The van der Waals surface area contributed by atoms with Crippen LogP contribution < -0.4 is 16.4 Å². The Hall–Kier alpha value is -3.95. The number of alkyl halides is 3. The largest absolute Gasteiger partial charge is 0.416 e. The van der Waals surface area contributed by atoms with Crippen LogP contribution in [0.3, 0.4) is 0 Å². The molecule has 0 bridgehead atoms. The van der Waals surface area contributed by atoms with Crippen molar-refractivity contribution in [3.05, 3.63) is 77.4 Å². The van der Waals surface area contributed by atoms with Crippen LogP contribution in [0.15, 0.2) is 54.9 Å². The highest BCUT2D eigenvalue weighted by molar-refractivity contribution is 6.04. The van der Waals surface area contributed by atoms with Crippen molar-refractivity contribution in [3.63, 3.8) is 0 Å². The molecule has 10 heteroatoms. The SMILES string of the molecule is Cc1ccc(CCCC(=O)Nc2ccc(C(=O)Nc3ccc(C(F)(F)F)cc3N)nc2)cn1. The molecular formula is C23H22F3N5O2. The number of hydrogen-bond donors (Lipinski definition) is 3. The lowest BCUT2D eigenvalue weighted by atomic mass is 10.1. The maximum atomic E-state index is 12.7. The van der Waals surface area contributed by atoms with Crippen molar-refractivity contribution in [2.45, 2.75) is 32.4 Å². The molecule has 0 unspecified atom stereocenters. The van der Waals surface area contributed by atoms with Gasteiger partial charge < -0.3 is 16.4 Å². The molecule has 0 aliphatic heterocycles. The molecule has 3 aromatic rings. The van der Waals surface area contributed by atoms with Crippen LogP contribution in [0.1, 0.15) is 40.2 Å². The quantitative estimate of drug-likeness (QED) is 0.449. The number of nitrogens with zero attached hydrogens (tertiary/aromatic N) is 2. The zero-order valence-corrected chi connectivity index (χ0v) is 17.7. The van der Waals surface area contributed by atoms with Gasteiger partial charge in [-0.2, -0.15) is 13.2 Å². The number of nitrogen functional groups attached to an aromatic ring is 1. The Labute approximate surface area is 188 Å². The van der Waals surface area contributed by atoms with Crippen molar-refractivity contribution < 1.29 is 22.8 Å². The summed E-state index contributed by atoms with van der Waals surface area (Å²) in [5.74, 6) is -0.836. The Kier molecular flexibility index (Phi) is 7.27. The monoisotopic (exact) mass is 457 g/mol. The normalized spacial score (nSPS) is 11.2. The molecule has 0 aliphatic carbocycles. The highest BCUT2D eigenvalue weighted by Crippen LogP contribution is 2.32. The fraction of sp³-hybridized carbons (Fsp3) is 0.217. The van der Waals surface area contributed by atoms with E-state index in [0.717, 1.165) is 35.9 Å². The second-order valence-corrected chi connectivity index (χ2v) is 7.40. The molecule has 0 aliphatic rings. The molecule has 0 radical (unpaired) electrons. The number of halogens is 3.